The van der Waals surface area contributed by atoms with E-state index in [0.717, 1.165) is 38.0 Å². The molecule has 1 N–H and O–H groups in total. The van der Waals surface area contributed by atoms with Crippen LogP contribution in [0.2, 0.25) is 0 Å². The first-order valence-corrected chi connectivity index (χ1v) is 9.33. The fourth-order valence-corrected chi connectivity index (χ4v) is 4.58. The van der Waals surface area contributed by atoms with E-state index in [1.165, 1.54) is 17.5 Å². The lowest BCUT2D eigenvalue weighted by Gasteiger charge is -2.03. The van der Waals surface area contributed by atoms with Gasteiger partial charge in [-0.25, -0.2) is 0 Å². The molecule has 0 spiro atoms. The molecule has 1 amide bonds. The van der Waals surface area contributed by atoms with E-state index >= 15 is 0 Å². The van der Waals surface area contributed by atoms with Crippen molar-refractivity contribution in [3.8, 4) is 0 Å². The van der Waals surface area contributed by atoms with Crippen molar-refractivity contribution in [3.05, 3.63) is 55.9 Å². The van der Waals surface area contributed by atoms with Crippen LogP contribution in [-0.2, 0) is 30.6 Å². The maximum Gasteiger partial charge on any atom is 0.224 e. The minimum atomic E-state index is 0.0257. The van der Waals surface area contributed by atoms with E-state index in [1.807, 2.05) is 12.1 Å². The molecule has 0 fully saturated rings. The number of fused-ring (bicyclic) bond motifs is 2. The first-order valence-electron chi connectivity index (χ1n) is 7.72. The molecule has 1 aliphatic carbocycles. The Morgan fingerprint density at radius 2 is 2.09 bits per heavy atom. The van der Waals surface area contributed by atoms with Gasteiger partial charge in [0.15, 0.2) is 0 Å². The maximum atomic E-state index is 12.2. The van der Waals surface area contributed by atoms with Gasteiger partial charge in [-0.1, -0.05) is 0 Å². The summed E-state index contributed by atoms with van der Waals surface area (Å²) in [6, 6.07) is 8.37. The minimum absolute atomic E-state index is 0.0257. The number of furan rings is 1. The molecule has 1 aliphatic rings. The van der Waals surface area contributed by atoms with Gasteiger partial charge >= 0.3 is 0 Å². The Labute approximate surface area is 146 Å². The van der Waals surface area contributed by atoms with Crippen LogP contribution in [0.1, 0.15) is 28.0 Å². The molecule has 2 aromatic heterocycles. The smallest absolute Gasteiger partial charge is 0.224 e. The van der Waals surface area contributed by atoms with Gasteiger partial charge in [0.2, 0.25) is 5.91 Å². The van der Waals surface area contributed by atoms with Crippen LogP contribution >= 0.6 is 27.3 Å². The van der Waals surface area contributed by atoms with Gasteiger partial charge in [0.1, 0.15) is 5.58 Å². The summed E-state index contributed by atoms with van der Waals surface area (Å²) in [5.41, 5.74) is 4.67. The Hall–Kier alpha value is -1.59. The number of amides is 1. The Balaban J connectivity index is 1.48. The SMILES string of the molecule is O=C(Cc1coc2cc3c(cc12)CCC3)NCc1ccc(Br)s1. The standard InChI is InChI=1S/C18H16BrNO2S/c19-17-5-4-14(23-17)9-20-18(21)8-13-10-22-16-7-12-3-1-2-11(12)6-15(13)16/h4-7,10H,1-3,8-9H2,(H,20,21). The molecule has 1 aromatic carbocycles. The van der Waals surface area contributed by atoms with Crippen molar-refractivity contribution in [1.29, 1.82) is 0 Å². The lowest BCUT2D eigenvalue weighted by Crippen LogP contribution is -2.23. The van der Waals surface area contributed by atoms with Crippen molar-refractivity contribution in [2.75, 3.05) is 0 Å². The number of nitrogens with one attached hydrogen (secondary N) is 1. The highest BCUT2D eigenvalue weighted by Crippen LogP contribution is 2.30. The molecule has 0 bridgehead atoms. The van der Waals surface area contributed by atoms with Crippen LogP contribution in [0.15, 0.2) is 38.7 Å². The van der Waals surface area contributed by atoms with Gasteiger partial charge in [0.25, 0.3) is 0 Å². The number of aryl methyl sites for hydroxylation is 2. The first-order chi connectivity index (χ1) is 11.2. The summed E-state index contributed by atoms with van der Waals surface area (Å²) in [6.07, 6.45) is 5.57. The second kappa shape index (κ2) is 6.13. The lowest BCUT2D eigenvalue weighted by molar-refractivity contribution is -0.120. The topological polar surface area (TPSA) is 42.2 Å². The summed E-state index contributed by atoms with van der Waals surface area (Å²) >= 11 is 5.07. The Bertz CT molecular complexity index is 880. The van der Waals surface area contributed by atoms with E-state index in [0.29, 0.717) is 13.0 Å². The van der Waals surface area contributed by atoms with Crippen LogP contribution in [0.4, 0.5) is 0 Å². The summed E-state index contributed by atoms with van der Waals surface area (Å²) in [4.78, 5) is 13.3. The lowest BCUT2D eigenvalue weighted by atomic mass is 10.0. The molecule has 3 aromatic rings. The molecule has 5 heteroatoms. The molecule has 0 unspecified atom stereocenters. The van der Waals surface area contributed by atoms with Crippen molar-refractivity contribution in [2.24, 2.45) is 0 Å². The number of thiophene rings is 1. The molecule has 3 nitrogen and oxygen atoms in total. The first kappa shape index (κ1) is 15.0. The summed E-state index contributed by atoms with van der Waals surface area (Å²) in [5.74, 6) is 0.0257. The fourth-order valence-electron chi connectivity index (χ4n) is 3.15. The van der Waals surface area contributed by atoms with Gasteiger partial charge in [-0.2, -0.15) is 0 Å². The average Bonchev–Trinajstić information content (AvgIpc) is 3.24. The third-order valence-electron chi connectivity index (χ3n) is 4.31. The number of hydrogen-bond acceptors (Lipinski definition) is 3. The summed E-state index contributed by atoms with van der Waals surface area (Å²) in [7, 11) is 0. The molecule has 0 saturated heterocycles. The van der Waals surface area contributed by atoms with Crippen LogP contribution in [0.3, 0.4) is 0 Å². The van der Waals surface area contributed by atoms with Crippen LogP contribution in [0.5, 0.6) is 0 Å². The normalized spacial score (nSPS) is 13.4. The zero-order valence-electron chi connectivity index (χ0n) is 12.5. The zero-order chi connectivity index (χ0) is 15.8. The van der Waals surface area contributed by atoms with Crippen LogP contribution < -0.4 is 5.32 Å². The number of carbonyl (C=O) groups is 1. The van der Waals surface area contributed by atoms with Crippen molar-refractivity contribution < 1.29 is 9.21 Å². The van der Waals surface area contributed by atoms with Crippen molar-refractivity contribution in [3.63, 3.8) is 0 Å². The molecule has 23 heavy (non-hydrogen) atoms. The van der Waals surface area contributed by atoms with Gasteiger partial charge in [-0.05, 0) is 70.6 Å². The van der Waals surface area contributed by atoms with Crippen LogP contribution in [0.25, 0.3) is 11.0 Å². The maximum absolute atomic E-state index is 12.2. The van der Waals surface area contributed by atoms with E-state index in [-0.39, 0.29) is 5.91 Å². The summed E-state index contributed by atoms with van der Waals surface area (Å²) in [5, 5.41) is 4.06. The number of halogens is 1. The molecule has 4 rings (SSSR count). The van der Waals surface area contributed by atoms with Gasteiger partial charge < -0.3 is 9.73 Å². The largest absolute Gasteiger partial charge is 0.464 e. The molecule has 0 atom stereocenters. The van der Waals surface area contributed by atoms with Crippen molar-refractivity contribution >= 4 is 44.1 Å². The fraction of sp³-hybridized carbons (Fsp3) is 0.278. The number of carbonyl (C=O) groups excluding carboxylic acids is 1. The van der Waals surface area contributed by atoms with E-state index in [9.17, 15) is 4.79 Å². The monoisotopic (exact) mass is 389 g/mol. The predicted molar refractivity (Wildman–Crippen MR) is 95.8 cm³/mol. The average molecular weight is 390 g/mol. The van der Waals surface area contributed by atoms with Gasteiger partial charge in [0, 0.05) is 15.8 Å². The second-order valence-electron chi connectivity index (χ2n) is 5.89. The molecule has 0 aliphatic heterocycles. The van der Waals surface area contributed by atoms with Crippen molar-refractivity contribution in [2.45, 2.75) is 32.2 Å². The number of rotatable bonds is 4. The number of hydrogen-bond donors (Lipinski definition) is 1. The van der Waals surface area contributed by atoms with E-state index in [2.05, 4.69) is 33.4 Å². The minimum Gasteiger partial charge on any atom is -0.464 e. The molecular weight excluding hydrogens is 374 g/mol. The summed E-state index contributed by atoms with van der Waals surface area (Å²) in [6.45, 7) is 0.570. The quantitative estimate of drug-likeness (QED) is 0.707. The van der Waals surface area contributed by atoms with Gasteiger partial charge in [-0.15, -0.1) is 11.3 Å². The summed E-state index contributed by atoms with van der Waals surface area (Å²) < 4.78 is 6.74. The van der Waals surface area contributed by atoms with E-state index in [1.54, 1.807) is 17.6 Å². The molecule has 118 valence electrons. The molecular formula is C18H16BrNO2S. The second-order valence-corrected chi connectivity index (χ2v) is 8.44. The van der Waals surface area contributed by atoms with E-state index in [4.69, 9.17) is 4.42 Å². The number of benzene rings is 1. The Kier molecular flexibility index (Phi) is 3.99. The third-order valence-corrected chi connectivity index (χ3v) is 5.93. The van der Waals surface area contributed by atoms with Crippen molar-refractivity contribution in [1.82, 2.24) is 5.32 Å². The highest BCUT2D eigenvalue weighted by Gasteiger charge is 2.16. The highest BCUT2D eigenvalue weighted by molar-refractivity contribution is 9.11. The molecule has 0 radical (unpaired) electrons. The molecule has 2 heterocycles. The van der Waals surface area contributed by atoms with Crippen LogP contribution in [0, 0.1) is 0 Å². The van der Waals surface area contributed by atoms with E-state index < -0.39 is 0 Å². The zero-order valence-corrected chi connectivity index (χ0v) is 14.9. The van der Waals surface area contributed by atoms with Gasteiger partial charge in [0.05, 0.1) is 23.0 Å². The predicted octanol–water partition coefficient (Wildman–Crippen LogP) is 4.60. The third kappa shape index (κ3) is 3.08. The highest BCUT2D eigenvalue weighted by atomic mass is 79.9. The molecule has 0 saturated carbocycles. The Morgan fingerprint density at radius 1 is 1.26 bits per heavy atom. The van der Waals surface area contributed by atoms with Crippen LogP contribution in [-0.4, -0.2) is 5.91 Å². The Morgan fingerprint density at radius 3 is 2.87 bits per heavy atom. The van der Waals surface area contributed by atoms with Gasteiger partial charge in [-0.3, -0.25) is 4.79 Å².